The van der Waals surface area contributed by atoms with Crippen molar-refractivity contribution in [2.45, 2.75) is 18.9 Å². The molecular weight excluding hydrogens is 314 g/mol. The number of aromatic nitrogens is 1. The second-order valence-electron chi connectivity index (χ2n) is 5.11. The van der Waals surface area contributed by atoms with E-state index < -0.39 is 5.97 Å². The van der Waals surface area contributed by atoms with Crippen LogP contribution in [0.15, 0.2) is 11.1 Å². The van der Waals surface area contributed by atoms with Crippen molar-refractivity contribution >= 4 is 17.7 Å². The molecule has 1 fully saturated rings. The van der Waals surface area contributed by atoms with Gasteiger partial charge >= 0.3 is 5.97 Å². The number of hydrogen-bond donors (Lipinski definition) is 0. The summed E-state index contributed by atoms with van der Waals surface area (Å²) in [5, 5.41) is 9.98. The Balaban J connectivity index is 2.02. The van der Waals surface area contributed by atoms with Crippen LogP contribution in [-0.4, -0.2) is 61.1 Å². The molecule has 0 amide bonds. The van der Waals surface area contributed by atoms with Crippen LogP contribution in [0.1, 0.15) is 28.5 Å². The van der Waals surface area contributed by atoms with Crippen molar-refractivity contribution in [3.05, 3.63) is 22.9 Å². The van der Waals surface area contributed by atoms with Gasteiger partial charge in [-0.3, -0.25) is 4.90 Å². The molecule has 0 atom stereocenters. The van der Waals surface area contributed by atoms with Crippen molar-refractivity contribution in [1.82, 2.24) is 9.88 Å². The van der Waals surface area contributed by atoms with Gasteiger partial charge in [-0.2, -0.15) is 5.26 Å². The number of pyridine rings is 1. The average Bonchev–Trinajstić information content (AvgIpc) is 2.56. The third kappa shape index (κ3) is 4.93. The highest BCUT2D eigenvalue weighted by Gasteiger charge is 2.17. The lowest BCUT2D eigenvalue weighted by molar-refractivity contribution is 0.0410. The highest BCUT2D eigenvalue weighted by atomic mass is 32.2. The molecule has 0 N–H and O–H groups in total. The summed E-state index contributed by atoms with van der Waals surface area (Å²) in [6, 6.07) is 3.70. The molecule has 0 unspecified atom stereocenters. The maximum Gasteiger partial charge on any atom is 0.340 e. The Hall–Kier alpha value is -1.62. The molecule has 0 saturated carbocycles. The molecule has 23 heavy (non-hydrogen) atoms. The normalized spacial score (nSPS) is 15.2. The van der Waals surface area contributed by atoms with Gasteiger partial charge in [0.2, 0.25) is 0 Å². The summed E-state index contributed by atoms with van der Waals surface area (Å²) in [5.74, 6) is 0.415. The summed E-state index contributed by atoms with van der Waals surface area (Å²) >= 11 is 1.55. The number of carbonyl (C=O) groups excluding carboxylic acids is 1. The molecule has 6 nitrogen and oxygen atoms in total. The number of nitriles is 1. The average molecular weight is 335 g/mol. The lowest BCUT2D eigenvalue weighted by atomic mass is 10.1. The standard InChI is InChI=1S/C16H21N3O3S/c1-3-22-16(20)14-10-13(11-17)15(18-12(14)2)23-9-6-19-4-7-21-8-5-19/h10H,3-9H2,1-2H3. The van der Waals surface area contributed by atoms with Crippen LogP contribution in [0.25, 0.3) is 0 Å². The quantitative estimate of drug-likeness (QED) is 0.580. The summed E-state index contributed by atoms with van der Waals surface area (Å²) < 4.78 is 10.3. The molecule has 1 aliphatic heterocycles. The first-order chi connectivity index (χ1) is 11.2. The molecule has 124 valence electrons. The van der Waals surface area contributed by atoms with Gasteiger partial charge in [-0.25, -0.2) is 9.78 Å². The number of ether oxygens (including phenoxy) is 2. The van der Waals surface area contributed by atoms with E-state index in [4.69, 9.17) is 9.47 Å². The first kappa shape index (κ1) is 17.7. The van der Waals surface area contributed by atoms with Crippen molar-refractivity contribution in [3.8, 4) is 6.07 Å². The molecule has 7 heteroatoms. The van der Waals surface area contributed by atoms with E-state index in [1.165, 1.54) is 0 Å². The number of thioether (sulfide) groups is 1. The van der Waals surface area contributed by atoms with Gasteiger partial charge in [0, 0.05) is 25.4 Å². The predicted molar refractivity (Wildman–Crippen MR) is 87.6 cm³/mol. The molecule has 0 spiro atoms. The van der Waals surface area contributed by atoms with Crippen LogP contribution in [0.3, 0.4) is 0 Å². The molecule has 0 aromatic carbocycles. The third-order valence-electron chi connectivity index (χ3n) is 3.54. The maximum atomic E-state index is 11.9. The van der Waals surface area contributed by atoms with E-state index in [2.05, 4.69) is 16.0 Å². The van der Waals surface area contributed by atoms with Crippen LogP contribution in [0.2, 0.25) is 0 Å². The fourth-order valence-corrected chi connectivity index (χ4v) is 3.29. The SMILES string of the molecule is CCOC(=O)c1cc(C#N)c(SCCN2CCOCC2)nc1C. The van der Waals surface area contributed by atoms with Crippen LogP contribution in [0.4, 0.5) is 0 Å². The lowest BCUT2D eigenvalue weighted by Crippen LogP contribution is -2.37. The van der Waals surface area contributed by atoms with E-state index in [1.54, 1.807) is 31.7 Å². The highest BCUT2D eigenvalue weighted by Crippen LogP contribution is 2.23. The van der Waals surface area contributed by atoms with Gasteiger partial charge in [-0.15, -0.1) is 11.8 Å². The zero-order chi connectivity index (χ0) is 16.7. The lowest BCUT2D eigenvalue weighted by Gasteiger charge is -2.26. The van der Waals surface area contributed by atoms with Crippen LogP contribution in [-0.2, 0) is 9.47 Å². The van der Waals surface area contributed by atoms with Gasteiger partial charge < -0.3 is 9.47 Å². The Morgan fingerprint density at radius 2 is 2.26 bits per heavy atom. The largest absolute Gasteiger partial charge is 0.462 e. The Morgan fingerprint density at radius 3 is 2.91 bits per heavy atom. The molecule has 2 rings (SSSR count). The number of nitrogens with zero attached hydrogens (tertiary/aromatic N) is 3. The number of hydrogen-bond acceptors (Lipinski definition) is 7. The van der Waals surface area contributed by atoms with Gasteiger partial charge in [-0.05, 0) is 19.9 Å². The van der Waals surface area contributed by atoms with Crippen molar-refractivity contribution < 1.29 is 14.3 Å². The van der Waals surface area contributed by atoms with Crippen LogP contribution in [0, 0.1) is 18.3 Å². The highest BCUT2D eigenvalue weighted by molar-refractivity contribution is 7.99. The first-order valence-corrected chi connectivity index (χ1v) is 8.66. The minimum absolute atomic E-state index is 0.302. The van der Waals surface area contributed by atoms with Crippen LogP contribution >= 0.6 is 11.8 Å². The smallest absolute Gasteiger partial charge is 0.340 e. The minimum Gasteiger partial charge on any atom is -0.462 e. The number of aryl methyl sites for hydroxylation is 1. The van der Waals surface area contributed by atoms with E-state index in [0.29, 0.717) is 28.5 Å². The van der Waals surface area contributed by atoms with E-state index in [0.717, 1.165) is 38.6 Å². The number of carbonyl (C=O) groups is 1. The van der Waals surface area contributed by atoms with Crippen molar-refractivity contribution in [3.63, 3.8) is 0 Å². The summed E-state index contributed by atoms with van der Waals surface area (Å²) in [4.78, 5) is 18.6. The monoisotopic (exact) mass is 335 g/mol. The van der Waals surface area contributed by atoms with Crippen molar-refractivity contribution in [2.24, 2.45) is 0 Å². The van der Waals surface area contributed by atoms with E-state index >= 15 is 0 Å². The molecule has 1 aromatic rings. The molecular formula is C16H21N3O3S. The molecule has 1 aliphatic rings. The van der Waals surface area contributed by atoms with Gasteiger partial charge in [0.15, 0.2) is 0 Å². The van der Waals surface area contributed by atoms with E-state index in [-0.39, 0.29) is 0 Å². The minimum atomic E-state index is -0.432. The third-order valence-corrected chi connectivity index (χ3v) is 4.52. The Labute approximate surface area is 140 Å². The first-order valence-electron chi connectivity index (χ1n) is 7.67. The van der Waals surface area contributed by atoms with Gasteiger partial charge in [0.1, 0.15) is 11.1 Å². The summed E-state index contributed by atoms with van der Waals surface area (Å²) in [5.41, 5.74) is 1.38. The Kier molecular flexibility index (Phi) is 6.84. The van der Waals surface area contributed by atoms with Crippen LogP contribution < -0.4 is 0 Å². The fraction of sp³-hybridized carbons (Fsp3) is 0.562. The van der Waals surface area contributed by atoms with E-state index in [1.807, 2.05) is 0 Å². The van der Waals surface area contributed by atoms with E-state index in [9.17, 15) is 10.1 Å². The Bertz CT molecular complexity index is 595. The second kappa shape index (κ2) is 8.87. The Morgan fingerprint density at radius 1 is 1.52 bits per heavy atom. The topological polar surface area (TPSA) is 75.5 Å². The molecule has 0 aliphatic carbocycles. The van der Waals surface area contributed by atoms with Gasteiger partial charge in [0.05, 0.1) is 36.6 Å². The van der Waals surface area contributed by atoms with Gasteiger partial charge in [-0.1, -0.05) is 0 Å². The number of morpholine rings is 1. The number of esters is 1. The molecule has 2 heterocycles. The van der Waals surface area contributed by atoms with Crippen molar-refractivity contribution in [2.75, 3.05) is 45.2 Å². The van der Waals surface area contributed by atoms with Crippen LogP contribution in [0.5, 0.6) is 0 Å². The molecule has 1 aromatic heterocycles. The fourth-order valence-electron chi connectivity index (χ4n) is 2.29. The molecule has 0 bridgehead atoms. The summed E-state index contributed by atoms with van der Waals surface area (Å²) in [6.07, 6.45) is 0. The molecule has 1 saturated heterocycles. The zero-order valence-corrected chi connectivity index (χ0v) is 14.3. The summed E-state index contributed by atoms with van der Waals surface area (Å²) in [6.45, 7) is 8.19. The second-order valence-corrected chi connectivity index (χ2v) is 6.19. The van der Waals surface area contributed by atoms with Gasteiger partial charge in [0.25, 0.3) is 0 Å². The predicted octanol–water partition coefficient (Wildman–Crippen LogP) is 1.86. The zero-order valence-electron chi connectivity index (χ0n) is 13.5. The summed E-state index contributed by atoms with van der Waals surface area (Å²) in [7, 11) is 0. The maximum absolute atomic E-state index is 11.9. The van der Waals surface area contributed by atoms with Crippen molar-refractivity contribution in [1.29, 1.82) is 5.26 Å². The number of rotatable bonds is 6. The molecule has 0 radical (unpaired) electrons.